The van der Waals surface area contributed by atoms with E-state index in [1.807, 2.05) is 24.3 Å². The van der Waals surface area contributed by atoms with Crippen LogP contribution in [0.1, 0.15) is 51.4 Å². The van der Waals surface area contributed by atoms with Crippen molar-refractivity contribution in [3.63, 3.8) is 0 Å². The fourth-order valence-corrected chi connectivity index (χ4v) is 4.06. The van der Waals surface area contributed by atoms with E-state index in [0.29, 0.717) is 18.9 Å². The van der Waals surface area contributed by atoms with E-state index >= 15 is 0 Å². The average molecular weight is 397 g/mol. The minimum atomic E-state index is -0.00487. The first-order chi connectivity index (χ1) is 12.7. The Labute approximate surface area is 168 Å². The van der Waals surface area contributed by atoms with Crippen molar-refractivity contribution < 1.29 is 14.3 Å². The Morgan fingerprint density at radius 2 is 1.81 bits per heavy atom. The maximum absolute atomic E-state index is 12.5. The second-order valence-electron chi connectivity index (χ2n) is 7.88. The minimum absolute atomic E-state index is 0. The van der Waals surface area contributed by atoms with Gasteiger partial charge in [-0.15, -0.1) is 12.4 Å². The zero-order valence-corrected chi connectivity index (χ0v) is 16.9. The van der Waals surface area contributed by atoms with Crippen LogP contribution >= 0.6 is 12.4 Å². The number of nitrogens with two attached hydrogens (primary N) is 1. The van der Waals surface area contributed by atoms with Gasteiger partial charge >= 0.3 is 0 Å². The molecule has 2 aliphatic rings. The van der Waals surface area contributed by atoms with Crippen LogP contribution in [0, 0.1) is 11.3 Å². The number of anilines is 1. The highest BCUT2D eigenvalue weighted by atomic mass is 35.5. The van der Waals surface area contributed by atoms with Gasteiger partial charge in [0, 0.05) is 25.3 Å². The van der Waals surface area contributed by atoms with Crippen molar-refractivity contribution >= 4 is 24.0 Å². The summed E-state index contributed by atoms with van der Waals surface area (Å²) in [5.74, 6) is 1.49. The number of rotatable bonds is 7. The minimum Gasteiger partial charge on any atom is -0.493 e. The number of benzene rings is 1. The van der Waals surface area contributed by atoms with E-state index in [1.54, 1.807) is 0 Å². The lowest BCUT2D eigenvalue weighted by Gasteiger charge is -2.35. The molecule has 1 aromatic rings. The van der Waals surface area contributed by atoms with Gasteiger partial charge in [-0.3, -0.25) is 4.79 Å². The van der Waals surface area contributed by atoms with Crippen molar-refractivity contribution in [2.24, 2.45) is 17.1 Å². The molecule has 0 atom stereocenters. The van der Waals surface area contributed by atoms with Crippen LogP contribution in [-0.2, 0) is 9.53 Å². The predicted molar refractivity (Wildman–Crippen MR) is 111 cm³/mol. The number of carbonyl (C=O) groups excluding carboxylic acids is 1. The van der Waals surface area contributed by atoms with Crippen molar-refractivity contribution in [3.8, 4) is 5.75 Å². The molecule has 1 amide bonds. The molecular formula is C21H33ClN2O3. The van der Waals surface area contributed by atoms with E-state index in [4.69, 9.17) is 15.2 Å². The van der Waals surface area contributed by atoms with Gasteiger partial charge in [0.2, 0.25) is 5.91 Å². The summed E-state index contributed by atoms with van der Waals surface area (Å²) < 4.78 is 11.2. The summed E-state index contributed by atoms with van der Waals surface area (Å²) >= 11 is 0. The number of carbonyl (C=O) groups is 1. The van der Waals surface area contributed by atoms with Crippen LogP contribution < -0.4 is 15.8 Å². The quantitative estimate of drug-likeness (QED) is 0.726. The summed E-state index contributed by atoms with van der Waals surface area (Å²) in [7, 11) is 0. The third kappa shape index (κ3) is 6.66. The number of halogens is 1. The van der Waals surface area contributed by atoms with E-state index in [2.05, 4.69) is 5.32 Å². The maximum atomic E-state index is 12.5. The van der Waals surface area contributed by atoms with E-state index in [1.165, 1.54) is 19.3 Å². The number of hydrogen-bond acceptors (Lipinski definition) is 4. The molecule has 0 unspecified atom stereocenters. The zero-order valence-electron chi connectivity index (χ0n) is 16.1. The molecule has 1 aromatic carbocycles. The Hall–Kier alpha value is -1.30. The fourth-order valence-electron chi connectivity index (χ4n) is 4.06. The van der Waals surface area contributed by atoms with Gasteiger partial charge in [-0.05, 0) is 67.8 Å². The Balaban J connectivity index is 0.00000261. The number of nitrogens with one attached hydrogen (secondary N) is 1. The Morgan fingerprint density at radius 1 is 1.15 bits per heavy atom. The molecule has 27 heavy (non-hydrogen) atoms. The van der Waals surface area contributed by atoms with Gasteiger partial charge in [-0.2, -0.15) is 0 Å². The summed E-state index contributed by atoms with van der Waals surface area (Å²) in [5, 5.41) is 3.01. The summed E-state index contributed by atoms with van der Waals surface area (Å²) in [6, 6.07) is 7.67. The van der Waals surface area contributed by atoms with Gasteiger partial charge in [-0.1, -0.05) is 19.3 Å². The zero-order chi connectivity index (χ0) is 18.2. The second-order valence-corrected chi connectivity index (χ2v) is 7.88. The Bertz CT molecular complexity index is 567. The lowest BCUT2D eigenvalue weighted by atomic mass is 9.71. The van der Waals surface area contributed by atoms with Gasteiger partial charge in [0.25, 0.3) is 0 Å². The van der Waals surface area contributed by atoms with Crippen LogP contribution in [0.4, 0.5) is 5.69 Å². The SMILES string of the molecule is Cl.NCC1(CC(=O)Nc2ccc(OCC3CCOCC3)cc2)CCCCC1. The van der Waals surface area contributed by atoms with Crippen LogP contribution in [-0.4, -0.2) is 32.3 Å². The van der Waals surface area contributed by atoms with Crippen molar-refractivity contribution in [1.29, 1.82) is 0 Å². The molecule has 1 aliphatic heterocycles. The summed E-state index contributed by atoms with van der Waals surface area (Å²) in [4.78, 5) is 12.5. The first-order valence-corrected chi connectivity index (χ1v) is 10.00. The number of ether oxygens (including phenoxy) is 2. The van der Waals surface area contributed by atoms with E-state index in [9.17, 15) is 4.79 Å². The molecule has 1 saturated carbocycles. The van der Waals surface area contributed by atoms with Crippen LogP contribution in [0.3, 0.4) is 0 Å². The van der Waals surface area contributed by atoms with Crippen LogP contribution in [0.15, 0.2) is 24.3 Å². The van der Waals surface area contributed by atoms with E-state index in [-0.39, 0.29) is 23.7 Å². The molecular weight excluding hydrogens is 364 g/mol. The van der Waals surface area contributed by atoms with Crippen LogP contribution in [0.25, 0.3) is 0 Å². The monoisotopic (exact) mass is 396 g/mol. The smallest absolute Gasteiger partial charge is 0.224 e. The summed E-state index contributed by atoms with van der Waals surface area (Å²) in [5.41, 5.74) is 6.80. The van der Waals surface area contributed by atoms with Crippen molar-refractivity contribution in [1.82, 2.24) is 0 Å². The molecule has 1 heterocycles. The predicted octanol–water partition coefficient (Wildman–Crippen LogP) is 4.15. The van der Waals surface area contributed by atoms with Crippen molar-refractivity contribution in [3.05, 3.63) is 24.3 Å². The number of amides is 1. The highest BCUT2D eigenvalue weighted by molar-refractivity contribution is 5.91. The largest absolute Gasteiger partial charge is 0.493 e. The molecule has 0 bridgehead atoms. The summed E-state index contributed by atoms with van der Waals surface area (Å²) in [6.07, 6.45) is 8.41. The summed E-state index contributed by atoms with van der Waals surface area (Å²) in [6.45, 7) is 3.00. The van der Waals surface area contributed by atoms with Crippen LogP contribution in [0.5, 0.6) is 5.75 Å². The molecule has 0 aromatic heterocycles. The van der Waals surface area contributed by atoms with E-state index in [0.717, 1.165) is 56.9 Å². The molecule has 6 heteroatoms. The number of hydrogen-bond donors (Lipinski definition) is 2. The van der Waals surface area contributed by atoms with Gasteiger partial charge in [0.1, 0.15) is 5.75 Å². The lowest BCUT2D eigenvalue weighted by molar-refractivity contribution is -0.118. The normalized spacial score (nSPS) is 19.7. The molecule has 3 rings (SSSR count). The van der Waals surface area contributed by atoms with Gasteiger partial charge in [0.15, 0.2) is 0 Å². The molecule has 1 saturated heterocycles. The topological polar surface area (TPSA) is 73.6 Å². The van der Waals surface area contributed by atoms with Gasteiger partial charge < -0.3 is 20.5 Å². The van der Waals surface area contributed by atoms with E-state index < -0.39 is 0 Å². The first-order valence-electron chi connectivity index (χ1n) is 10.00. The molecule has 0 radical (unpaired) electrons. The Kier molecular flexibility index (Phi) is 8.87. The molecule has 1 aliphatic carbocycles. The highest BCUT2D eigenvalue weighted by Gasteiger charge is 2.32. The molecule has 2 fully saturated rings. The van der Waals surface area contributed by atoms with Gasteiger partial charge in [-0.25, -0.2) is 0 Å². The molecule has 3 N–H and O–H groups in total. The average Bonchev–Trinajstić information content (AvgIpc) is 2.69. The Morgan fingerprint density at radius 3 is 2.44 bits per heavy atom. The van der Waals surface area contributed by atoms with Gasteiger partial charge in [0.05, 0.1) is 6.61 Å². The fraction of sp³-hybridized carbons (Fsp3) is 0.667. The van der Waals surface area contributed by atoms with Crippen molar-refractivity contribution in [2.75, 3.05) is 31.7 Å². The van der Waals surface area contributed by atoms with Crippen LogP contribution in [0.2, 0.25) is 0 Å². The maximum Gasteiger partial charge on any atom is 0.224 e. The second kappa shape index (κ2) is 10.9. The third-order valence-corrected chi connectivity index (χ3v) is 5.85. The lowest BCUT2D eigenvalue weighted by Crippen LogP contribution is -2.36. The highest BCUT2D eigenvalue weighted by Crippen LogP contribution is 2.38. The standard InChI is InChI=1S/C21H32N2O3.ClH/c22-16-21(10-2-1-3-11-21)14-20(24)23-18-4-6-19(7-5-18)26-15-17-8-12-25-13-9-17;/h4-7,17H,1-3,8-16,22H2,(H,23,24);1H. The third-order valence-electron chi connectivity index (χ3n) is 5.85. The molecule has 152 valence electrons. The first kappa shape index (κ1) is 22.0. The van der Waals surface area contributed by atoms with Crippen molar-refractivity contribution in [2.45, 2.75) is 51.4 Å². The molecule has 5 nitrogen and oxygen atoms in total. The molecule has 0 spiro atoms.